The van der Waals surface area contributed by atoms with Gasteiger partial charge in [0.15, 0.2) is 0 Å². The Morgan fingerprint density at radius 1 is 0.880 bits per heavy atom. The van der Waals surface area contributed by atoms with Crippen molar-refractivity contribution in [3.05, 3.63) is 70.8 Å². The van der Waals surface area contributed by atoms with Crippen LogP contribution in [0.15, 0.2) is 48.5 Å². The normalized spacial score (nSPS) is 15.1. The van der Waals surface area contributed by atoms with E-state index in [1.54, 1.807) is 0 Å². The first-order valence-corrected chi connectivity index (χ1v) is 9.03. The summed E-state index contributed by atoms with van der Waals surface area (Å²) in [4.78, 5) is 14.8. The molecule has 2 N–H and O–H groups in total. The lowest BCUT2D eigenvalue weighted by Crippen LogP contribution is -2.29. The number of carbonyl (C=O) groups excluding carboxylic acids is 1. The highest BCUT2D eigenvalue weighted by molar-refractivity contribution is 5.94. The van der Waals surface area contributed by atoms with Gasteiger partial charge in [-0.15, -0.1) is 0 Å². The first-order valence-electron chi connectivity index (χ1n) is 9.03. The third kappa shape index (κ3) is 5.15. The highest BCUT2D eigenvalue weighted by atomic mass is 16.3. The number of benzene rings is 2. The Bertz CT molecular complexity index is 674. The maximum absolute atomic E-state index is 12.3. The maximum atomic E-state index is 12.3. The number of rotatable bonds is 6. The summed E-state index contributed by atoms with van der Waals surface area (Å²) in [5.74, 6) is -0.0595. The fourth-order valence-electron chi connectivity index (χ4n) is 3.18. The van der Waals surface area contributed by atoms with Gasteiger partial charge in [0.2, 0.25) is 0 Å². The number of aliphatic hydroxyl groups excluding tert-OH is 1. The lowest BCUT2D eigenvalue weighted by atomic mass is 10.1. The summed E-state index contributed by atoms with van der Waals surface area (Å²) in [5, 5.41) is 12.0. The molecule has 1 fully saturated rings. The smallest absolute Gasteiger partial charge is 0.251 e. The van der Waals surface area contributed by atoms with Crippen molar-refractivity contribution >= 4 is 5.91 Å². The van der Waals surface area contributed by atoms with Crippen LogP contribution in [0.25, 0.3) is 0 Å². The SMILES string of the molecule is O=C(NCc1ccc(CO)cc1)c1ccc(CN2CCCCC2)cc1. The standard InChI is InChI=1S/C21H26N2O2/c24-16-19-6-4-17(5-7-19)14-22-21(25)20-10-8-18(9-11-20)15-23-12-2-1-3-13-23/h4-11,24H,1-3,12-16H2,(H,22,25). The van der Waals surface area contributed by atoms with E-state index in [-0.39, 0.29) is 12.5 Å². The van der Waals surface area contributed by atoms with Crippen LogP contribution in [0.5, 0.6) is 0 Å². The van der Waals surface area contributed by atoms with Gasteiger partial charge in [0.1, 0.15) is 0 Å². The zero-order chi connectivity index (χ0) is 17.5. The molecule has 0 bridgehead atoms. The number of carbonyl (C=O) groups is 1. The fraction of sp³-hybridized carbons (Fsp3) is 0.381. The largest absolute Gasteiger partial charge is 0.392 e. The molecule has 132 valence electrons. The second-order valence-electron chi connectivity index (χ2n) is 6.69. The molecule has 4 nitrogen and oxygen atoms in total. The number of hydrogen-bond donors (Lipinski definition) is 2. The molecule has 2 aromatic rings. The number of aliphatic hydroxyl groups is 1. The maximum Gasteiger partial charge on any atom is 0.251 e. The van der Waals surface area contributed by atoms with E-state index in [9.17, 15) is 4.79 Å². The van der Waals surface area contributed by atoms with Crippen LogP contribution in [-0.4, -0.2) is 29.0 Å². The van der Waals surface area contributed by atoms with Gasteiger partial charge in [0, 0.05) is 18.7 Å². The molecule has 1 aliphatic heterocycles. The molecule has 1 amide bonds. The number of piperidine rings is 1. The van der Waals surface area contributed by atoms with Gasteiger partial charge in [0.25, 0.3) is 5.91 Å². The van der Waals surface area contributed by atoms with Crippen molar-refractivity contribution in [3.8, 4) is 0 Å². The zero-order valence-corrected chi connectivity index (χ0v) is 14.6. The van der Waals surface area contributed by atoms with Crippen molar-refractivity contribution < 1.29 is 9.90 Å². The van der Waals surface area contributed by atoms with Crippen molar-refractivity contribution in [1.29, 1.82) is 0 Å². The Labute approximate surface area is 149 Å². The van der Waals surface area contributed by atoms with Crippen molar-refractivity contribution in [3.63, 3.8) is 0 Å². The van der Waals surface area contributed by atoms with Gasteiger partial charge < -0.3 is 10.4 Å². The number of likely N-dealkylation sites (tertiary alicyclic amines) is 1. The summed E-state index contributed by atoms with van der Waals surface area (Å²) in [5.41, 5.74) is 3.85. The molecule has 1 aliphatic rings. The second-order valence-corrected chi connectivity index (χ2v) is 6.69. The van der Waals surface area contributed by atoms with Crippen LogP contribution in [0, 0.1) is 0 Å². The molecule has 0 atom stereocenters. The van der Waals surface area contributed by atoms with Crippen molar-refractivity contribution in [2.75, 3.05) is 13.1 Å². The van der Waals surface area contributed by atoms with Gasteiger partial charge in [-0.25, -0.2) is 0 Å². The van der Waals surface area contributed by atoms with E-state index in [2.05, 4.69) is 22.3 Å². The predicted molar refractivity (Wildman–Crippen MR) is 99.1 cm³/mol. The quantitative estimate of drug-likeness (QED) is 0.851. The topological polar surface area (TPSA) is 52.6 Å². The van der Waals surface area contributed by atoms with Crippen molar-refractivity contribution in [2.24, 2.45) is 0 Å². The first-order chi connectivity index (χ1) is 12.2. The van der Waals surface area contributed by atoms with E-state index in [0.717, 1.165) is 17.7 Å². The fourth-order valence-corrected chi connectivity index (χ4v) is 3.18. The van der Waals surface area contributed by atoms with E-state index in [0.29, 0.717) is 12.1 Å². The van der Waals surface area contributed by atoms with Gasteiger partial charge in [-0.05, 0) is 54.8 Å². The Kier molecular flexibility index (Phi) is 6.20. The van der Waals surface area contributed by atoms with Gasteiger partial charge in [0.05, 0.1) is 6.61 Å². The van der Waals surface area contributed by atoms with Gasteiger partial charge in [-0.2, -0.15) is 0 Å². The zero-order valence-electron chi connectivity index (χ0n) is 14.6. The molecule has 4 heteroatoms. The average molecular weight is 338 g/mol. The number of hydrogen-bond acceptors (Lipinski definition) is 3. The summed E-state index contributed by atoms with van der Waals surface area (Å²) in [6.45, 7) is 3.85. The summed E-state index contributed by atoms with van der Waals surface area (Å²) >= 11 is 0. The summed E-state index contributed by atoms with van der Waals surface area (Å²) < 4.78 is 0. The lowest BCUT2D eigenvalue weighted by molar-refractivity contribution is 0.0951. The molecule has 0 radical (unpaired) electrons. The minimum absolute atomic E-state index is 0.0381. The molecular formula is C21H26N2O2. The minimum atomic E-state index is -0.0595. The average Bonchev–Trinajstić information content (AvgIpc) is 2.68. The monoisotopic (exact) mass is 338 g/mol. The van der Waals surface area contributed by atoms with Crippen LogP contribution in [0.3, 0.4) is 0 Å². The van der Waals surface area contributed by atoms with E-state index in [1.165, 1.54) is 37.9 Å². The van der Waals surface area contributed by atoms with Gasteiger partial charge >= 0.3 is 0 Å². The van der Waals surface area contributed by atoms with Gasteiger partial charge in [-0.3, -0.25) is 9.69 Å². The molecule has 1 saturated heterocycles. The van der Waals surface area contributed by atoms with Crippen LogP contribution in [0.2, 0.25) is 0 Å². The summed E-state index contributed by atoms with van der Waals surface area (Å²) in [7, 11) is 0. The molecule has 1 heterocycles. The van der Waals surface area contributed by atoms with Crippen LogP contribution in [-0.2, 0) is 19.7 Å². The minimum Gasteiger partial charge on any atom is -0.392 e. The van der Waals surface area contributed by atoms with E-state index >= 15 is 0 Å². The van der Waals surface area contributed by atoms with E-state index in [1.807, 2.05) is 36.4 Å². The molecule has 0 spiro atoms. The molecule has 0 saturated carbocycles. The Balaban J connectivity index is 1.51. The molecule has 25 heavy (non-hydrogen) atoms. The third-order valence-electron chi connectivity index (χ3n) is 4.73. The molecule has 0 unspecified atom stereocenters. The Morgan fingerprint density at radius 2 is 1.48 bits per heavy atom. The van der Waals surface area contributed by atoms with Crippen LogP contribution >= 0.6 is 0 Å². The van der Waals surface area contributed by atoms with E-state index < -0.39 is 0 Å². The molecule has 0 aromatic heterocycles. The van der Waals surface area contributed by atoms with Crippen LogP contribution in [0.4, 0.5) is 0 Å². The Hall–Kier alpha value is -2.17. The number of nitrogens with one attached hydrogen (secondary N) is 1. The van der Waals surface area contributed by atoms with Crippen LogP contribution < -0.4 is 5.32 Å². The Morgan fingerprint density at radius 3 is 2.12 bits per heavy atom. The molecule has 2 aromatic carbocycles. The highest BCUT2D eigenvalue weighted by Gasteiger charge is 2.11. The van der Waals surface area contributed by atoms with Gasteiger partial charge in [-0.1, -0.05) is 42.8 Å². The summed E-state index contributed by atoms with van der Waals surface area (Å²) in [6.07, 6.45) is 3.93. The van der Waals surface area contributed by atoms with Crippen molar-refractivity contribution in [1.82, 2.24) is 10.2 Å². The number of nitrogens with zero attached hydrogens (tertiary/aromatic N) is 1. The van der Waals surface area contributed by atoms with Crippen LogP contribution in [0.1, 0.15) is 46.3 Å². The highest BCUT2D eigenvalue weighted by Crippen LogP contribution is 2.14. The molecule has 3 rings (SSSR count). The molecule has 0 aliphatic carbocycles. The number of amides is 1. The second kappa shape index (κ2) is 8.79. The van der Waals surface area contributed by atoms with Crippen molar-refractivity contribution in [2.45, 2.75) is 39.0 Å². The lowest BCUT2D eigenvalue weighted by Gasteiger charge is -2.26. The molecular weight excluding hydrogens is 312 g/mol. The van der Waals surface area contributed by atoms with E-state index in [4.69, 9.17) is 5.11 Å². The predicted octanol–water partition coefficient (Wildman–Crippen LogP) is 3.09. The first kappa shape index (κ1) is 17.6. The summed E-state index contributed by atoms with van der Waals surface area (Å²) in [6, 6.07) is 15.5. The third-order valence-corrected chi connectivity index (χ3v) is 4.73.